The van der Waals surface area contributed by atoms with Crippen molar-refractivity contribution in [3.63, 3.8) is 0 Å². The quantitative estimate of drug-likeness (QED) is 0.820. The molecule has 0 aromatic carbocycles. The minimum absolute atomic E-state index is 0.00520. The van der Waals surface area contributed by atoms with E-state index in [1.54, 1.807) is 13.2 Å². The Kier molecular flexibility index (Phi) is 3.48. The van der Waals surface area contributed by atoms with Crippen LogP contribution in [0.3, 0.4) is 0 Å². The molecule has 6 heteroatoms. The molecule has 2 atom stereocenters. The van der Waals surface area contributed by atoms with Gasteiger partial charge in [0.15, 0.2) is 11.0 Å². The molecule has 5 nitrogen and oxygen atoms in total. The summed E-state index contributed by atoms with van der Waals surface area (Å²) in [4.78, 5) is 11.7. The van der Waals surface area contributed by atoms with Crippen LogP contribution >= 0.6 is 11.6 Å². The van der Waals surface area contributed by atoms with E-state index in [9.17, 15) is 4.79 Å². The molecule has 1 aliphatic heterocycles. The van der Waals surface area contributed by atoms with Crippen molar-refractivity contribution >= 4 is 17.5 Å². The first-order chi connectivity index (χ1) is 7.70. The zero-order valence-electron chi connectivity index (χ0n) is 8.83. The number of halogens is 1. The van der Waals surface area contributed by atoms with Gasteiger partial charge in [-0.05, 0) is 23.7 Å². The molecule has 2 unspecified atom stereocenters. The number of carbonyl (C=O) groups excluding carboxylic acids is 1. The second-order valence-electron chi connectivity index (χ2n) is 3.62. The van der Waals surface area contributed by atoms with Gasteiger partial charge in [-0.15, -0.1) is 0 Å². The van der Waals surface area contributed by atoms with E-state index < -0.39 is 0 Å². The van der Waals surface area contributed by atoms with E-state index in [2.05, 4.69) is 10.6 Å². The molecule has 0 saturated carbocycles. The zero-order valence-corrected chi connectivity index (χ0v) is 9.58. The number of rotatable bonds is 3. The summed E-state index contributed by atoms with van der Waals surface area (Å²) in [6.07, 6.45) is -0.00520. The summed E-state index contributed by atoms with van der Waals surface area (Å²) >= 11 is 5.59. The van der Waals surface area contributed by atoms with Gasteiger partial charge in [0, 0.05) is 20.2 Å². The minimum atomic E-state index is -0.275. The van der Waals surface area contributed by atoms with E-state index >= 15 is 0 Å². The van der Waals surface area contributed by atoms with E-state index in [0.717, 1.165) is 6.54 Å². The number of methoxy groups -OCH3 is 1. The van der Waals surface area contributed by atoms with Crippen molar-refractivity contribution in [1.29, 1.82) is 0 Å². The normalized spacial score (nSPS) is 24.6. The maximum absolute atomic E-state index is 11.7. The predicted octanol–water partition coefficient (Wildman–Crippen LogP) is 0.650. The third-order valence-corrected chi connectivity index (χ3v) is 2.78. The number of amides is 1. The van der Waals surface area contributed by atoms with Crippen LogP contribution in [0, 0.1) is 0 Å². The molecule has 0 aliphatic carbocycles. The molecule has 1 aliphatic rings. The first kappa shape index (κ1) is 11.4. The van der Waals surface area contributed by atoms with Crippen molar-refractivity contribution in [2.75, 3.05) is 20.2 Å². The number of carbonyl (C=O) groups is 1. The Bertz CT molecular complexity index is 380. The highest BCUT2D eigenvalue weighted by molar-refractivity contribution is 6.29. The largest absolute Gasteiger partial charge is 0.440 e. The molecular formula is C10H13ClN2O3. The van der Waals surface area contributed by atoms with Crippen molar-refractivity contribution in [3.05, 3.63) is 23.1 Å². The van der Waals surface area contributed by atoms with Gasteiger partial charge in [-0.2, -0.15) is 0 Å². The van der Waals surface area contributed by atoms with E-state index in [1.165, 1.54) is 6.07 Å². The molecule has 0 spiro atoms. The molecule has 1 amide bonds. The van der Waals surface area contributed by atoms with Crippen LogP contribution < -0.4 is 10.6 Å². The fraction of sp³-hybridized carbons (Fsp3) is 0.500. The lowest BCUT2D eigenvalue weighted by molar-refractivity contribution is 0.0760. The molecule has 1 fully saturated rings. The summed E-state index contributed by atoms with van der Waals surface area (Å²) < 4.78 is 10.2. The Balaban J connectivity index is 1.97. The standard InChI is InChI=1S/C10H13ClN2O3/c1-15-8-5-12-4-6(8)13-10(14)7-2-3-9(11)16-7/h2-3,6,8,12H,4-5H2,1H3,(H,13,14). The van der Waals surface area contributed by atoms with Gasteiger partial charge in [-0.3, -0.25) is 4.79 Å². The Morgan fingerprint density at radius 3 is 3.06 bits per heavy atom. The summed E-state index contributed by atoms with van der Waals surface area (Å²) in [5, 5.41) is 6.18. The Morgan fingerprint density at radius 1 is 1.62 bits per heavy atom. The third-order valence-electron chi connectivity index (χ3n) is 2.57. The van der Waals surface area contributed by atoms with Crippen LogP contribution in [0.25, 0.3) is 0 Å². The summed E-state index contributed by atoms with van der Waals surface area (Å²) in [6, 6.07) is 3.04. The second-order valence-corrected chi connectivity index (χ2v) is 3.99. The van der Waals surface area contributed by atoms with Crippen LogP contribution in [0.2, 0.25) is 5.22 Å². The van der Waals surface area contributed by atoms with Crippen LogP contribution in [0.15, 0.2) is 16.5 Å². The minimum Gasteiger partial charge on any atom is -0.440 e. The topological polar surface area (TPSA) is 63.5 Å². The van der Waals surface area contributed by atoms with Gasteiger partial charge in [0.05, 0.1) is 12.1 Å². The number of nitrogens with one attached hydrogen (secondary N) is 2. The van der Waals surface area contributed by atoms with E-state index in [0.29, 0.717) is 6.54 Å². The Hall–Kier alpha value is -1.04. The molecule has 2 heterocycles. The molecular weight excluding hydrogens is 232 g/mol. The van der Waals surface area contributed by atoms with Crippen molar-refractivity contribution in [1.82, 2.24) is 10.6 Å². The van der Waals surface area contributed by atoms with Gasteiger partial charge < -0.3 is 19.8 Å². The van der Waals surface area contributed by atoms with E-state index in [1.807, 2.05) is 0 Å². The van der Waals surface area contributed by atoms with Gasteiger partial charge in [0.1, 0.15) is 0 Å². The molecule has 0 radical (unpaired) electrons. The molecule has 2 rings (SSSR count). The zero-order chi connectivity index (χ0) is 11.5. The summed E-state index contributed by atoms with van der Waals surface area (Å²) in [7, 11) is 1.63. The van der Waals surface area contributed by atoms with Gasteiger partial charge >= 0.3 is 0 Å². The van der Waals surface area contributed by atoms with E-state index in [4.69, 9.17) is 20.8 Å². The lowest BCUT2D eigenvalue weighted by atomic mass is 10.2. The highest BCUT2D eigenvalue weighted by Crippen LogP contribution is 2.13. The first-order valence-electron chi connectivity index (χ1n) is 5.00. The molecule has 0 bridgehead atoms. The van der Waals surface area contributed by atoms with Crippen LogP contribution in [0.4, 0.5) is 0 Å². The SMILES string of the molecule is COC1CNCC1NC(=O)c1ccc(Cl)o1. The van der Waals surface area contributed by atoms with Crippen molar-refractivity contribution in [3.8, 4) is 0 Å². The van der Waals surface area contributed by atoms with Crippen LogP contribution in [-0.4, -0.2) is 38.3 Å². The van der Waals surface area contributed by atoms with Gasteiger partial charge in [-0.25, -0.2) is 0 Å². The van der Waals surface area contributed by atoms with Crippen molar-refractivity contribution in [2.24, 2.45) is 0 Å². The third kappa shape index (κ3) is 2.37. The maximum atomic E-state index is 11.7. The molecule has 2 N–H and O–H groups in total. The highest BCUT2D eigenvalue weighted by atomic mass is 35.5. The van der Waals surface area contributed by atoms with Crippen LogP contribution in [-0.2, 0) is 4.74 Å². The maximum Gasteiger partial charge on any atom is 0.287 e. The highest BCUT2D eigenvalue weighted by Gasteiger charge is 2.29. The summed E-state index contributed by atoms with van der Waals surface area (Å²) in [6.45, 7) is 1.43. The van der Waals surface area contributed by atoms with Crippen LogP contribution in [0.1, 0.15) is 10.6 Å². The lowest BCUT2D eigenvalue weighted by Gasteiger charge is -2.17. The molecule has 88 valence electrons. The predicted molar refractivity (Wildman–Crippen MR) is 58.6 cm³/mol. The van der Waals surface area contributed by atoms with Crippen molar-refractivity contribution < 1.29 is 13.9 Å². The van der Waals surface area contributed by atoms with Crippen LogP contribution in [0.5, 0.6) is 0 Å². The monoisotopic (exact) mass is 244 g/mol. The average molecular weight is 245 g/mol. The molecule has 1 aromatic rings. The van der Waals surface area contributed by atoms with E-state index in [-0.39, 0.29) is 29.0 Å². The summed E-state index contributed by atoms with van der Waals surface area (Å²) in [5.74, 6) is -0.0607. The molecule has 1 saturated heterocycles. The first-order valence-corrected chi connectivity index (χ1v) is 5.38. The number of furan rings is 1. The van der Waals surface area contributed by atoms with Gasteiger partial charge in [-0.1, -0.05) is 0 Å². The van der Waals surface area contributed by atoms with Crippen molar-refractivity contribution in [2.45, 2.75) is 12.1 Å². The fourth-order valence-corrected chi connectivity index (χ4v) is 1.87. The smallest absolute Gasteiger partial charge is 0.287 e. The Labute approximate surface area is 98.1 Å². The van der Waals surface area contributed by atoms with Gasteiger partial charge in [0.25, 0.3) is 5.91 Å². The lowest BCUT2D eigenvalue weighted by Crippen LogP contribution is -2.43. The average Bonchev–Trinajstić information content (AvgIpc) is 2.86. The molecule has 16 heavy (non-hydrogen) atoms. The number of hydrogen-bond acceptors (Lipinski definition) is 4. The van der Waals surface area contributed by atoms with Gasteiger partial charge in [0.2, 0.25) is 0 Å². The Morgan fingerprint density at radius 2 is 2.44 bits per heavy atom. The summed E-state index contributed by atoms with van der Waals surface area (Å²) in [5.41, 5.74) is 0. The number of hydrogen-bond donors (Lipinski definition) is 2. The molecule has 1 aromatic heterocycles. The second kappa shape index (κ2) is 4.86. The fourth-order valence-electron chi connectivity index (χ4n) is 1.72. The number of ether oxygens (including phenoxy) is 1.